The first-order chi connectivity index (χ1) is 9.76. The summed E-state index contributed by atoms with van der Waals surface area (Å²) in [5.41, 5.74) is -3.52. The van der Waals surface area contributed by atoms with Crippen LogP contribution in [0.15, 0.2) is 6.20 Å². The van der Waals surface area contributed by atoms with Gasteiger partial charge in [0.15, 0.2) is 0 Å². The van der Waals surface area contributed by atoms with Crippen molar-refractivity contribution in [3.8, 4) is 0 Å². The number of H-pyrrole nitrogens is 1. The van der Waals surface area contributed by atoms with Crippen LogP contribution in [0.1, 0.15) is 28.9 Å². The molecule has 116 valence electrons. The molecule has 0 aliphatic carbocycles. The Balaban J connectivity index is 2.24. The molecular formula is C11H12F3N3O3S. The standard InChI is InChI=1S/C11H12F3N3O3S/c12-11(13,14)6-5-15-17-7(6)8(18)16-10(9(19)20)1-3-21-4-2-10/h5H,1-4H2,(H,15,17)(H,16,18)(H,19,20). The normalized spacial score (nSPS) is 18.2. The van der Waals surface area contributed by atoms with E-state index in [-0.39, 0.29) is 12.8 Å². The Morgan fingerprint density at radius 2 is 2.00 bits per heavy atom. The predicted molar refractivity (Wildman–Crippen MR) is 68.0 cm³/mol. The highest BCUT2D eigenvalue weighted by molar-refractivity contribution is 7.99. The maximum absolute atomic E-state index is 12.7. The molecule has 2 rings (SSSR count). The van der Waals surface area contributed by atoms with Crippen LogP contribution >= 0.6 is 11.8 Å². The van der Waals surface area contributed by atoms with E-state index in [1.54, 1.807) is 0 Å². The fourth-order valence-corrected chi connectivity index (χ4v) is 3.26. The topological polar surface area (TPSA) is 95.1 Å². The fourth-order valence-electron chi connectivity index (χ4n) is 2.07. The number of nitrogens with one attached hydrogen (secondary N) is 2. The Hall–Kier alpha value is -1.71. The van der Waals surface area contributed by atoms with Gasteiger partial charge in [-0.3, -0.25) is 9.89 Å². The number of thioether (sulfide) groups is 1. The number of carbonyl (C=O) groups is 2. The SMILES string of the molecule is O=C(NC1(C(=O)O)CCSCC1)c1[nH]ncc1C(F)(F)F. The molecule has 0 unspecified atom stereocenters. The average Bonchev–Trinajstić information content (AvgIpc) is 2.88. The molecule has 2 heterocycles. The second-order valence-corrected chi connectivity index (χ2v) is 5.83. The van der Waals surface area contributed by atoms with Gasteiger partial charge in [0.2, 0.25) is 0 Å². The zero-order valence-corrected chi connectivity index (χ0v) is 11.5. The van der Waals surface area contributed by atoms with Gasteiger partial charge < -0.3 is 10.4 Å². The van der Waals surface area contributed by atoms with Gasteiger partial charge in [0.25, 0.3) is 5.91 Å². The van der Waals surface area contributed by atoms with E-state index in [0.29, 0.717) is 17.7 Å². The molecule has 0 bridgehead atoms. The largest absolute Gasteiger partial charge is 0.480 e. The van der Waals surface area contributed by atoms with Gasteiger partial charge in [-0.1, -0.05) is 0 Å². The summed E-state index contributed by atoms with van der Waals surface area (Å²) in [6.45, 7) is 0. The summed E-state index contributed by atoms with van der Waals surface area (Å²) in [7, 11) is 0. The summed E-state index contributed by atoms with van der Waals surface area (Å²) in [5, 5.41) is 16.7. The van der Waals surface area contributed by atoms with Crippen LogP contribution in [-0.2, 0) is 11.0 Å². The molecule has 1 amide bonds. The van der Waals surface area contributed by atoms with Crippen LogP contribution in [0.3, 0.4) is 0 Å². The molecule has 1 saturated heterocycles. The summed E-state index contributed by atoms with van der Waals surface area (Å²) >= 11 is 1.53. The van der Waals surface area contributed by atoms with Crippen molar-refractivity contribution >= 4 is 23.6 Å². The van der Waals surface area contributed by atoms with Crippen LogP contribution in [0.4, 0.5) is 13.2 Å². The number of carbonyl (C=O) groups excluding carboxylic acids is 1. The molecule has 0 atom stereocenters. The highest BCUT2D eigenvalue weighted by atomic mass is 32.2. The molecule has 0 saturated carbocycles. The lowest BCUT2D eigenvalue weighted by Crippen LogP contribution is -2.56. The third-order valence-corrected chi connectivity index (χ3v) is 4.27. The van der Waals surface area contributed by atoms with E-state index in [4.69, 9.17) is 0 Å². The van der Waals surface area contributed by atoms with Gasteiger partial charge in [-0.2, -0.15) is 30.0 Å². The van der Waals surface area contributed by atoms with Crippen molar-refractivity contribution in [3.05, 3.63) is 17.5 Å². The van der Waals surface area contributed by atoms with E-state index in [1.165, 1.54) is 11.8 Å². The number of rotatable bonds is 3. The summed E-state index contributed by atoms with van der Waals surface area (Å²) in [6.07, 6.45) is -3.92. The average molecular weight is 323 g/mol. The van der Waals surface area contributed by atoms with Gasteiger partial charge in [-0.05, 0) is 24.3 Å². The summed E-state index contributed by atoms with van der Waals surface area (Å²) in [4.78, 5) is 23.4. The summed E-state index contributed by atoms with van der Waals surface area (Å²) < 4.78 is 38.1. The van der Waals surface area contributed by atoms with E-state index in [2.05, 4.69) is 10.4 Å². The van der Waals surface area contributed by atoms with Gasteiger partial charge in [-0.25, -0.2) is 4.79 Å². The number of aliphatic carboxylic acids is 1. The van der Waals surface area contributed by atoms with E-state index in [0.717, 1.165) is 0 Å². The minimum absolute atomic E-state index is 0.161. The Morgan fingerprint density at radius 1 is 1.38 bits per heavy atom. The first-order valence-corrected chi connectivity index (χ1v) is 7.16. The van der Waals surface area contributed by atoms with Crippen LogP contribution in [0.5, 0.6) is 0 Å². The van der Waals surface area contributed by atoms with Crippen LogP contribution in [-0.4, -0.2) is 44.2 Å². The Bertz CT molecular complexity index is 552. The van der Waals surface area contributed by atoms with E-state index >= 15 is 0 Å². The Morgan fingerprint density at radius 3 is 2.52 bits per heavy atom. The molecule has 0 radical (unpaired) electrons. The van der Waals surface area contributed by atoms with E-state index < -0.39 is 34.8 Å². The number of nitrogens with zero attached hydrogens (tertiary/aromatic N) is 1. The van der Waals surface area contributed by atoms with Crippen LogP contribution in [0.25, 0.3) is 0 Å². The zero-order valence-electron chi connectivity index (χ0n) is 10.7. The van der Waals surface area contributed by atoms with Crippen LogP contribution in [0.2, 0.25) is 0 Å². The summed E-state index contributed by atoms with van der Waals surface area (Å²) in [6, 6.07) is 0. The Labute approximate surface area is 121 Å². The lowest BCUT2D eigenvalue weighted by atomic mass is 9.92. The van der Waals surface area contributed by atoms with E-state index in [1.807, 2.05) is 5.10 Å². The van der Waals surface area contributed by atoms with Crippen molar-refractivity contribution < 1.29 is 27.9 Å². The van der Waals surface area contributed by atoms with Gasteiger partial charge in [0.1, 0.15) is 16.8 Å². The number of amides is 1. The lowest BCUT2D eigenvalue weighted by Gasteiger charge is -2.33. The minimum Gasteiger partial charge on any atom is -0.480 e. The number of carboxylic acids is 1. The number of hydrogen-bond donors (Lipinski definition) is 3. The van der Waals surface area contributed by atoms with Crippen molar-refractivity contribution in [1.82, 2.24) is 15.5 Å². The number of carboxylic acid groups (broad SMARTS) is 1. The second-order valence-electron chi connectivity index (χ2n) is 4.61. The molecule has 0 spiro atoms. The molecule has 1 aliphatic rings. The molecule has 1 aromatic heterocycles. The minimum atomic E-state index is -4.74. The highest BCUT2D eigenvalue weighted by Crippen LogP contribution is 2.32. The lowest BCUT2D eigenvalue weighted by molar-refractivity contribution is -0.144. The summed E-state index contributed by atoms with van der Waals surface area (Å²) in [5.74, 6) is -1.33. The molecular weight excluding hydrogens is 311 g/mol. The third kappa shape index (κ3) is 3.14. The van der Waals surface area contributed by atoms with Crippen molar-refractivity contribution in [2.75, 3.05) is 11.5 Å². The van der Waals surface area contributed by atoms with Crippen LogP contribution in [0, 0.1) is 0 Å². The smallest absolute Gasteiger partial charge is 0.420 e. The first kappa shape index (κ1) is 15.7. The molecule has 21 heavy (non-hydrogen) atoms. The molecule has 6 nitrogen and oxygen atoms in total. The maximum atomic E-state index is 12.7. The quantitative estimate of drug-likeness (QED) is 0.784. The third-order valence-electron chi connectivity index (χ3n) is 3.28. The maximum Gasteiger partial charge on any atom is 0.420 e. The number of alkyl halides is 3. The number of aromatic amines is 1. The van der Waals surface area contributed by atoms with E-state index in [9.17, 15) is 27.9 Å². The van der Waals surface area contributed by atoms with Gasteiger partial charge in [0.05, 0.1) is 6.20 Å². The molecule has 3 N–H and O–H groups in total. The number of halogens is 3. The molecule has 0 aromatic carbocycles. The van der Waals surface area contributed by atoms with Gasteiger partial charge in [-0.15, -0.1) is 0 Å². The number of hydrogen-bond acceptors (Lipinski definition) is 4. The highest BCUT2D eigenvalue weighted by Gasteiger charge is 2.43. The molecule has 1 aliphatic heterocycles. The van der Waals surface area contributed by atoms with Crippen molar-refractivity contribution in [2.24, 2.45) is 0 Å². The molecule has 1 aromatic rings. The second kappa shape index (κ2) is 5.58. The molecule has 1 fully saturated rings. The van der Waals surface area contributed by atoms with Crippen LogP contribution < -0.4 is 5.32 Å². The first-order valence-electron chi connectivity index (χ1n) is 6.00. The van der Waals surface area contributed by atoms with Gasteiger partial charge >= 0.3 is 12.1 Å². The van der Waals surface area contributed by atoms with Crippen molar-refractivity contribution in [1.29, 1.82) is 0 Å². The Kier molecular flexibility index (Phi) is 4.17. The van der Waals surface area contributed by atoms with Gasteiger partial charge in [0, 0.05) is 0 Å². The zero-order chi connectivity index (χ0) is 15.7. The molecule has 10 heteroatoms. The number of aromatic nitrogens is 2. The van der Waals surface area contributed by atoms with Crippen molar-refractivity contribution in [3.63, 3.8) is 0 Å². The fraction of sp³-hybridized carbons (Fsp3) is 0.545. The monoisotopic (exact) mass is 323 g/mol. The van der Waals surface area contributed by atoms with Crippen molar-refractivity contribution in [2.45, 2.75) is 24.6 Å². The predicted octanol–water partition coefficient (Wildman–Crippen LogP) is 1.51.